The number of hydrogen-bond acceptors (Lipinski definition) is 5. The van der Waals surface area contributed by atoms with Gasteiger partial charge in [0.15, 0.2) is 0 Å². The van der Waals surface area contributed by atoms with E-state index in [-0.39, 0.29) is 13.0 Å². The minimum atomic E-state index is -4.97. The Hall–Kier alpha value is -3.74. The summed E-state index contributed by atoms with van der Waals surface area (Å²) in [6, 6.07) is 19.1. The summed E-state index contributed by atoms with van der Waals surface area (Å²) in [6.07, 6.45) is -5.25. The van der Waals surface area contributed by atoms with Crippen LogP contribution in [0.1, 0.15) is 43.5 Å². The minimum Gasteiger partial charge on any atom is -0.486 e. The molecule has 46 heavy (non-hydrogen) atoms. The Kier molecular flexibility index (Phi) is 12.9. The molecule has 3 aromatic carbocycles. The number of para-hydroxylation sites is 1. The number of halogens is 7. The minimum absolute atomic E-state index is 0.140. The van der Waals surface area contributed by atoms with Crippen LogP contribution in [0.3, 0.4) is 0 Å². The lowest BCUT2D eigenvalue weighted by molar-refractivity contribution is -0.165. The Morgan fingerprint density at radius 3 is 2.00 bits per heavy atom. The van der Waals surface area contributed by atoms with Crippen molar-refractivity contribution in [1.82, 2.24) is 16.0 Å². The van der Waals surface area contributed by atoms with Crippen molar-refractivity contribution in [3.8, 4) is 5.75 Å². The van der Waals surface area contributed by atoms with E-state index in [0.29, 0.717) is 26.9 Å². The average molecular weight is 689 g/mol. The quantitative estimate of drug-likeness (QED) is 0.120. The number of hydrogen-bond donors (Lipinski definition) is 3. The molecule has 0 radical (unpaired) electrons. The van der Waals surface area contributed by atoms with Crippen molar-refractivity contribution < 1.29 is 41.1 Å². The van der Waals surface area contributed by atoms with E-state index in [4.69, 9.17) is 27.9 Å². The summed E-state index contributed by atoms with van der Waals surface area (Å²) >= 11 is 12.3. The zero-order chi connectivity index (χ0) is 34.1. The maximum Gasteiger partial charge on any atom is 0.405 e. The summed E-state index contributed by atoms with van der Waals surface area (Å²) in [5.74, 6) is -10.6. The van der Waals surface area contributed by atoms with Crippen molar-refractivity contribution in [3.05, 3.63) is 100 Å². The number of rotatable bonds is 15. The molecule has 0 fully saturated rings. The topological polar surface area (TPSA) is 96.5 Å². The van der Waals surface area contributed by atoms with Crippen LogP contribution in [0.2, 0.25) is 10.0 Å². The van der Waals surface area contributed by atoms with Gasteiger partial charge in [-0.05, 0) is 41.3 Å². The molecule has 0 aliphatic heterocycles. The van der Waals surface area contributed by atoms with Crippen LogP contribution >= 0.6 is 23.2 Å². The molecule has 14 heteroatoms. The van der Waals surface area contributed by atoms with Crippen molar-refractivity contribution in [2.24, 2.45) is 5.92 Å². The molecule has 3 rings (SSSR count). The van der Waals surface area contributed by atoms with Crippen LogP contribution in [-0.4, -0.2) is 48.8 Å². The Balaban J connectivity index is 1.81. The van der Waals surface area contributed by atoms with Crippen molar-refractivity contribution in [2.75, 3.05) is 13.1 Å². The number of ether oxygens (including phenoxy) is 1. The summed E-state index contributed by atoms with van der Waals surface area (Å²) in [7, 11) is 0. The van der Waals surface area contributed by atoms with Crippen molar-refractivity contribution in [1.29, 1.82) is 0 Å². The van der Waals surface area contributed by atoms with Crippen molar-refractivity contribution >= 4 is 40.8 Å². The molecule has 1 unspecified atom stereocenters. The van der Waals surface area contributed by atoms with Crippen LogP contribution in [0.4, 0.5) is 22.0 Å². The molecule has 0 aromatic heterocycles. The monoisotopic (exact) mass is 687 g/mol. The van der Waals surface area contributed by atoms with Crippen LogP contribution in [0.25, 0.3) is 0 Å². The molecule has 3 atom stereocenters. The maximum atomic E-state index is 14.7. The Labute approximate surface area is 272 Å². The van der Waals surface area contributed by atoms with E-state index in [1.54, 1.807) is 72.8 Å². The van der Waals surface area contributed by atoms with Gasteiger partial charge >= 0.3 is 12.1 Å². The molecule has 0 bridgehead atoms. The molecule has 248 valence electrons. The highest BCUT2D eigenvalue weighted by Crippen LogP contribution is 2.30. The van der Waals surface area contributed by atoms with Gasteiger partial charge in [0, 0.05) is 13.0 Å². The van der Waals surface area contributed by atoms with Gasteiger partial charge in [0.2, 0.25) is 11.7 Å². The predicted molar refractivity (Wildman–Crippen MR) is 164 cm³/mol. The summed E-state index contributed by atoms with van der Waals surface area (Å²) in [6.45, 7) is 0.784. The zero-order valence-corrected chi connectivity index (χ0v) is 26.2. The molecule has 7 nitrogen and oxygen atoms in total. The third-order valence-electron chi connectivity index (χ3n) is 6.78. The molecule has 0 saturated carbocycles. The van der Waals surface area contributed by atoms with Crippen molar-refractivity contribution in [3.63, 3.8) is 0 Å². The Morgan fingerprint density at radius 1 is 0.826 bits per heavy atom. The third kappa shape index (κ3) is 10.4. The smallest absolute Gasteiger partial charge is 0.405 e. The highest BCUT2D eigenvalue weighted by atomic mass is 35.5. The molecular formula is C32H32Cl2F5N3O4. The second kappa shape index (κ2) is 16.2. The first-order valence-corrected chi connectivity index (χ1v) is 14.9. The van der Waals surface area contributed by atoms with E-state index >= 15 is 0 Å². The lowest BCUT2D eigenvalue weighted by Gasteiger charge is -2.28. The molecule has 3 aromatic rings. The summed E-state index contributed by atoms with van der Waals surface area (Å²) in [5, 5.41) is 7.03. The Bertz CT molecular complexity index is 1480. The molecule has 0 aliphatic rings. The molecule has 0 saturated heterocycles. The highest BCUT2D eigenvalue weighted by Gasteiger charge is 2.52. The second-order valence-electron chi connectivity index (χ2n) is 10.6. The van der Waals surface area contributed by atoms with Gasteiger partial charge < -0.3 is 20.7 Å². The normalized spacial score (nSPS) is 13.9. The number of benzene rings is 3. The fourth-order valence-corrected chi connectivity index (χ4v) is 4.71. The number of carbonyl (C=O) groups is 3. The average Bonchev–Trinajstić information content (AvgIpc) is 3.01. The largest absolute Gasteiger partial charge is 0.486 e. The Morgan fingerprint density at radius 2 is 1.43 bits per heavy atom. The molecular weight excluding hydrogens is 656 g/mol. The van der Waals surface area contributed by atoms with Gasteiger partial charge in [-0.1, -0.05) is 91.6 Å². The molecule has 3 N–H and O–H groups in total. The van der Waals surface area contributed by atoms with Gasteiger partial charge in [0.05, 0.1) is 16.1 Å². The van der Waals surface area contributed by atoms with Gasteiger partial charge in [0.1, 0.15) is 24.4 Å². The van der Waals surface area contributed by atoms with Gasteiger partial charge in [-0.3, -0.25) is 14.4 Å². The van der Waals surface area contributed by atoms with E-state index in [0.717, 1.165) is 5.32 Å². The number of alkyl halides is 5. The van der Waals surface area contributed by atoms with Crippen LogP contribution < -0.4 is 20.7 Å². The van der Waals surface area contributed by atoms with E-state index in [1.165, 1.54) is 13.8 Å². The third-order valence-corrected chi connectivity index (χ3v) is 7.52. The van der Waals surface area contributed by atoms with Gasteiger partial charge in [-0.25, -0.2) is 0 Å². The standard InChI is InChI=1S/C32H32Cl2F5N3O4/c1-19(2)26(28(43)32(38,39)30(45)41-18-31(35,36)37)42-29(44)27(20-9-5-3-6-10-20)40-16-15-25(46-22-11-7-4-8-12-22)21-13-14-23(33)24(34)17-21/h3-14,17,19,25-27,40H,15-16,18H2,1-2H3,(H,41,45)(H,42,44)/t25?,26-,27-/m0/s1. The van der Waals surface area contributed by atoms with E-state index < -0.39 is 60.3 Å². The SMILES string of the molecule is CC(C)[C@H](NC(=O)[C@@H](NCCC(Oc1ccccc1)c1ccc(Cl)c(Cl)c1)c1ccccc1)C(=O)C(F)(F)C(=O)NCC(F)(F)F. The predicted octanol–water partition coefficient (Wildman–Crippen LogP) is 6.86. The molecule has 0 aliphatic carbocycles. The number of nitrogens with one attached hydrogen (secondary N) is 3. The second-order valence-corrected chi connectivity index (χ2v) is 11.5. The fourth-order valence-electron chi connectivity index (χ4n) is 4.41. The summed E-state index contributed by atoms with van der Waals surface area (Å²) < 4.78 is 73.1. The van der Waals surface area contributed by atoms with Gasteiger partial charge in [0.25, 0.3) is 5.91 Å². The number of Topliss-reactive ketones (excluding diaryl/α,β-unsaturated/α-hetero) is 1. The molecule has 2 amide bonds. The van der Waals surface area contributed by atoms with Crippen LogP contribution in [0.5, 0.6) is 5.75 Å². The first-order valence-electron chi connectivity index (χ1n) is 14.1. The first-order chi connectivity index (χ1) is 21.6. The number of ketones is 1. The summed E-state index contributed by atoms with van der Waals surface area (Å²) in [5.41, 5.74) is 1.12. The fraction of sp³-hybridized carbons (Fsp3) is 0.344. The zero-order valence-electron chi connectivity index (χ0n) is 24.7. The maximum absolute atomic E-state index is 14.7. The molecule has 0 spiro atoms. The first kappa shape index (κ1) is 36.7. The number of amides is 2. The number of carbonyl (C=O) groups excluding carboxylic acids is 3. The van der Waals surface area contributed by atoms with E-state index in [2.05, 4.69) is 10.6 Å². The lowest BCUT2D eigenvalue weighted by atomic mass is 9.94. The highest BCUT2D eigenvalue weighted by molar-refractivity contribution is 6.42. The van der Waals surface area contributed by atoms with Crippen LogP contribution in [0.15, 0.2) is 78.9 Å². The van der Waals surface area contributed by atoms with E-state index in [9.17, 15) is 36.3 Å². The van der Waals surface area contributed by atoms with Gasteiger partial charge in [-0.15, -0.1) is 0 Å². The lowest BCUT2D eigenvalue weighted by Crippen LogP contribution is -2.58. The van der Waals surface area contributed by atoms with Crippen molar-refractivity contribution in [2.45, 2.75) is 50.6 Å². The summed E-state index contributed by atoms with van der Waals surface area (Å²) in [4.78, 5) is 38.2. The van der Waals surface area contributed by atoms with Crippen LogP contribution in [-0.2, 0) is 14.4 Å². The van der Waals surface area contributed by atoms with Crippen LogP contribution in [0, 0.1) is 5.92 Å². The van der Waals surface area contributed by atoms with E-state index in [1.807, 2.05) is 6.07 Å². The molecule has 0 heterocycles. The van der Waals surface area contributed by atoms with Gasteiger partial charge in [-0.2, -0.15) is 22.0 Å².